The van der Waals surface area contributed by atoms with Crippen molar-refractivity contribution in [1.82, 2.24) is 10.6 Å². The van der Waals surface area contributed by atoms with E-state index in [1.807, 2.05) is 0 Å². The van der Waals surface area contributed by atoms with Crippen LogP contribution in [0.4, 0.5) is 13.2 Å². The van der Waals surface area contributed by atoms with Gasteiger partial charge in [0.05, 0.1) is 18.2 Å². The van der Waals surface area contributed by atoms with E-state index in [0.29, 0.717) is 29.2 Å². The summed E-state index contributed by atoms with van der Waals surface area (Å²) in [4.78, 5) is 24.3. The second kappa shape index (κ2) is 10.7. The molecule has 0 radical (unpaired) electrons. The number of rotatable bonds is 7. The minimum Gasteiger partial charge on any atom is -0.484 e. The standard InChI is InChI=1S/C22H22ClF3N2O4/c23-16-5-8-18(9-6-16)31-13-20(29)28-17-7-10-19(32-12-17)21(30)27-11-14-1-3-15(4-2-14)22(24,25)26/h1-6,8-9,17,19H,7,10-13H2,(H,27,30)(H,28,29)/t17-,19+/m1/s1. The lowest BCUT2D eigenvalue weighted by Gasteiger charge is -2.28. The van der Waals surface area contributed by atoms with Gasteiger partial charge >= 0.3 is 6.18 Å². The molecule has 1 aliphatic rings. The molecule has 0 unspecified atom stereocenters. The summed E-state index contributed by atoms with van der Waals surface area (Å²) in [6.07, 6.45) is -4.12. The van der Waals surface area contributed by atoms with E-state index >= 15 is 0 Å². The lowest BCUT2D eigenvalue weighted by atomic mass is 10.0. The van der Waals surface area contributed by atoms with Crippen LogP contribution in [0.15, 0.2) is 48.5 Å². The number of halogens is 4. The summed E-state index contributed by atoms with van der Waals surface area (Å²) in [6.45, 7) is 0.110. The smallest absolute Gasteiger partial charge is 0.416 e. The van der Waals surface area contributed by atoms with Crippen molar-refractivity contribution < 1.29 is 32.2 Å². The Morgan fingerprint density at radius 1 is 1.06 bits per heavy atom. The number of amides is 2. The number of carbonyl (C=O) groups excluding carboxylic acids is 2. The maximum atomic E-state index is 12.6. The SMILES string of the molecule is O=C(COc1ccc(Cl)cc1)N[C@@H]1CC[C@@H](C(=O)NCc2ccc(C(F)(F)F)cc2)OC1. The van der Waals surface area contributed by atoms with Crippen LogP contribution in [-0.2, 0) is 27.0 Å². The monoisotopic (exact) mass is 470 g/mol. The van der Waals surface area contributed by atoms with Crippen molar-refractivity contribution in [1.29, 1.82) is 0 Å². The van der Waals surface area contributed by atoms with Crippen LogP contribution in [0.3, 0.4) is 0 Å². The van der Waals surface area contributed by atoms with Gasteiger partial charge in [0.25, 0.3) is 5.91 Å². The molecule has 6 nitrogen and oxygen atoms in total. The van der Waals surface area contributed by atoms with Gasteiger partial charge in [0.2, 0.25) is 5.91 Å². The summed E-state index contributed by atoms with van der Waals surface area (Å²) in [5.41, 5.74) is -0.192. The topological polar surface area (TPSA) is 76.7 Å². The molecular weight excluding hydrogens is 449 g/mol. The molecule has 1 heterocycles. The maximum Gasteiger partial charge on any atom is 0.416 e. The maximum absolute atomic E-state index is 12.6. The molecular formula is C22H22ClF3N2O4. The first-order valence-electron chi connectivity index (χ1n) is 9.94. The van der Waals surface area contributed by atoms with E-state index in [2.05, 4.69) is 10.6 Å². The average Bonchev–Trinajstić information content (AvgIpc) is 2.77. The zero-order chi connectivity index (χ0) is 23.1. The predicted octanol–water partition coefficient (Wildman–Crippen LogP) is 3.72. The predicted molar refractivity (Wildman–Crippen MR) is 111 cm³/mol. The van der Waals surface area contributed by atoms with Gasteiger partial charge in [-0.1, -0.05) is 23.7 Å². The Bertz CT molecular complexity index is 912. The van der Waals surface area contributed by atoms with Crippen molar-refractivity contribution in [3.63, 3.8) is 0 Å². The van der Waals surface area contributed by atoms with Gasteiger partial charge in [-0.25, -0.2) is 0 Å². The number of nitrogens with one attached hydrogen (secondary N) is 2. The van der Waals surface area contributed by atoms with Crippen LogP contribution in [0.2, 0.25) is 5.02 Å². The first-order chi connectivity index (χ1) is 15.2. The summed E-state index contributed by atoms with van der Waals surface area (Å²) in [6, 6.07) is 11.0. The molecule has 2 atom stereocenters. The third kappa shape index (κ3) is 7.13. The van der Waals surface area contributed by atoms with Crippen molar-refractivity contribution in [3.05, 3.63) is 64.7 Å². The van der Waals surface area contributed by atoms with Gasteiger partial charge in [-0.2, -0.15) is 13.2 Å². The molecule has 1 saturated heterocycles. The quantitative estimate of drug-likeness (QED) is 0.646. The largest absolute Gasteiger partial charge is 0.484 e. The molecule has 1 fully saturated rings. The zero-order valence-electron chi connectivity index (χ0n) is 17.0. The van der Waals surface area contributed by atoms with Gasteiger partial charge < -0.3 is 20.1 Å². The lowest BCUT2D eigenvalue weighted by molar-refractivity contribution is -0.138. The van der Waals surface area contributed by atoms with Crippen LogP contribution in [0, 0.1) is 0 Å². The van der Waals surface area contributed by atoms with Crippen LogP contribution in [-0.4, -0.2) is 37.2 Å². The molecule has 0 aromatic heterocycles. The van der Waals surface area contributed by atoms with Crippen molar-refractivity contribution in [2.75, 3.05) is 13.2 Å². The van der Waals surface area contributed by atoms with E-state index in [-0.39, 0.29) is 37.6 Å². The molecule has 172 valence electrons. The highest BCUT2D eigenvalue weighted by atomic mass is 35.5. The Balaban J connectivity index is 1.36. The van der Waals surface area contributed by atoms with Gasteiger partial charge in [0.15, 0.2) is 6.61 Å². The van der Waals surface area contributed by atoms with Gasteiger partial charge in [0.1, 0.15) is 11.9 Å². The van der Waals surface area contributed by atoms with E-state index in [1.54, 1.807) is 24.3 Å². The number of ether oxygens (including phenoxy) is 2. The molecule has 0 bridgehead atoms. The molecule has 2 amide bonds. The molecule has 1 aliphatic heterocycles. The minimum absolute atomic E-state index is 0.0963. The number of hydrogen-bond acceptors (Lipinski definition) is 4. The highest BCUT2D eigenvalue weighted by Crippen LogP contribution is 2.29. The number of benzene rings is 2. The normalized spacial score (nSPS) is 18.6. The van der Waals surface area contributed by atoms with Gasteiger partial charge in [-0.05, 0) is 54.8 Å². The van der Waals surface area contributed by atoms with E-state index in [0.717, 1.165) is 12.1 Å². The Morgan fingerprint density at radius 3 is 2.34 bits per heavy atom. The second-order valence-electron chi connectivity index (χ2n) is 7.32. The fourth-order valence-corrected chi connectivity index (χ4v) is 3.26. The summed E-state index contributed by atoms with van der Waals surface area (Å²) in [7, 11) is 0. The van der Waals surface area contributed by atoms with E-state index < -0.39 is 17.8 Å². The fraction of sp³-hybridized carbons (Fsp3) is 0.364. The molecule has 2 N–H and O–H groups in total. The Hall–Kier alpha value is -2.78. The average molecular weight is 471 g/mol. The van der Waals surface area contributed by atoms with Crippen LogP contribution in [0.5, 0.6) is 5.75 Å². The van der Waals surface area contributed by atoms with Crippen LogP contribution in [0.25, 0.3) is 0 Å². The Kier molecular flexibility index (Phi) is 7.98. The fourth-order valence-electron chi connectivity index (χ4n) is 3.14. The van der Waals surface area contributed by atoms with Crippen LogP contribution in [0.1, 0.15) is 24.0 Å². The van der Waals surface area contributed by atoms with Crippen LogP contribution >= 0.6 is 11.6 Å². The van der Waals surface area contributed by atoms with E-state index in [9.17, 15) is 22.8 Å². The Labute approximate surface area is 188 Å². The third-order valence-electron chi connectivity index (χ3n) is 4.87. The summed E-state index contributed by atoms with van der Waals surface area (Å²) in [5, 5.41) is 6.03. The number of hydrogen-bond donors (Lipinski definition) is 2. The van der Waals surface area contributed by atoms with Crippen molar-refractivity contribution in [3.8, 4) is 5.75 Å². The van der Waals surface area contributed by atoms with Crippen molar-refractivity contribution in [2.24, 2.45) is 0 Å². The molecule has 32 heavy (non-hydrogen) atoms. The molecule has 3 rings (SSSR count). The number of alkyl halides is 3. The highest BCUT2D eigenvalue weighted by molar-refractivity contribution is 6.30. The van der Waals surface area contributed by atoms with Crippen molar-refractivity contribution >= 4 is 23.4 Å². The molecule has 0 saturated carbocycles. The van der Waals surface area contributed by atoms with Gasteiger partial charge in [-0.3, -0.25) is 9.59 Å². The lowest BCUT2D eigenvalue weighted by Crippen LogP contribution is -2.48. The molecule has 2 aromatic carbocycles. The molecule has 0 spiro atoms. The first-order valence-corrected chi connectivity index (χ1v) is 10.3. The van der Waals surface area contributed by atoms with Crippen LogP contribution < -0.4 is 15.4 Å². The zero-order valence-corrected chi connectivity index (χ0v) is 17.7. The molecule has 10 heteroatoms. The Morgan fingerprint density at radius 2 is 1.75 bits per heavy atom. The van der Waals surface area contributed by atoms with E-state index in [4.69, 9.17) is 21.1 Å². The van der Waals surface area contributed by atoms with Gasteiger partial charge in [0, 0.05) is 11.6 Å². The van der Waals surface area contributed by atoms with Gasteiger partial charge in [-0.15, -0.1) is 0 Å². The summed E-state index contributed by atoms with van der Waals surface area (Å²) in [5.74, 6) is -0.131. The van der Waals surface area contributed by atoms with Crippen molar-refractivity contribution in [2.45, 2.75) is 37.7 Å². The summed E-state index contributed by atoms with van der Waals surface area (Å²) >= 11 is 5.79. The summed E-state index contributed by atoms with van der Waals surface area (Å²) < 4.78 is 48.7. The molecule has 2 aromatic rings. The minimum atomic E-state index is -4.40. The third-order valence-corrected chi connectivity index (χ3v) is 5.12. The molecule has 0 aliphatic carbocycles. The highest BCUT2D eigenvalue weighted by Gasteiger charge is 2.30. The first kappa shape index (κ1) is 23.9. The second-order valence-corrected chi connectivity index (χ2v) is 7.76. The number of carbonyl (C=O) groups is 2. The van der Waals surface area contributed by atoms with E-state index in [1.165, 1.54) is 12.1 Å².